The first kappa shape index (κ1) is 11.2. The first-order valence-electron chi connectivity index (χ1n) is 3.43. The minimum absolute atomic E-state index is 0.543. The molecule has 0 aromatic rings. The van der Waals surface area contributed by atoms with Gasteiger partial charge >= 0.3 is 0 Å². The lowest BCUT2D eigenvalue weighted by atomic mass is 10.0. The first-order chi connectivity index (χ1) is 5.33. The Kier molecular flexibility index (Phi) is 3.54. The van der Waals surface area contributed by atoms with Gasteiger partial charge in [0.1, 0.15) is 6.04 Å². The molecule has 2 atom stereocenters. The molecule has 0 aromatic carbocycles. The summed E-state index contributed by atoms with van der Waals surface area (Å²) >= 11 is 0. The Hall–Kier alpha value is -0.750. The van der Waals surface area contributed by atoms with Crippen LogP contribution >= 0.6 is 0 Å². The molecule has 6 heteroatoms. The second-order valence-corrected chi connectivity index (χ2v) is 2.49. The summed E-state index contributed by atoms with van der Waals surface area (Å²) in [7, 11) is 0. The van der Waals surface area contributed by atoms with Crippen LogP contribution in [-0.4, -0.2) is 29.1 Å². The number of amides is 1. The van der Waals surface area contributed by atoms with Crippen molar-refractivity contribution in [2.75, 3.05) is 0 Å². The van der Waals surface area contributed by atoms with Gasteiger partial charge in [-0.1, -0.05) is 6.92 Å². The van der Waals surface area contributed by atoms with Gasteiger partial charge in [-0.05, 0) is 0 Å². The zero-order valence-electron chi connectivity index (χ0n) is 6.63. The summed E-state index contributed by atoms with van der Waals surface area (Å²) in [6.07, 6.45) is -2.54. The number of alkyl halides is 2. The van der Waals surface area contributed by atoms with E-state index in [1.807, 2.05) is 0 Å². The molecule has 72 valence electrons. The Bertz CT molecular complexity index is 175. The quantitative estimate of drug-likeness (QED) is 0.532. The van der Waals surface area contributed by atoms with Crippen LogP contribution < -0.4 is 11.5 Å². The predicted molar refractivity (Wildman–Crippen MR) is 38.4 cm³/mol. The summed E-state index contributed by atoms with van der Waals surface area (Å²) in [5, 5.41) is 8.78. The number of aliphatic hydroxyl groups is 1. The summed E-state index contributed by atoms with van der Waals surface area (Å²) < 4.78 is 25.3. The number of hydrogen-bond donors (Lipinski definition) is 3. The van der Waals surface area contributed by atoms with E-state index in [2.05, 4.69) is 5.73 Å². The van der Waals surface area contributed by atoms with Gasteiger partial charge in [-0.2, -0.15) is 0 Å². The van der Waals surface area contributed by atoms with Crippen LogP contribution in [0.2, 0.25) is 0 Å². The van der Waals surface area contributed by atoms with Crippen LogP contribution in [0.4, 0.5) is 8.78 Å². The van der Waals surface area contributed by atoms with Gasteiger partial charge in [-0.25, -0.2) is 8.78 Å². The fourth-order valence-corrected chi connectivity index (χ4v) is 0.644. The molecule has 0 spiro atoms. The highest BCUT2D eigenvalue weighted by molar-refractivity contribution is 5.79. The lowest BCUT2D eigenvalue weighted by Crippen LogP contribution is -2.54. The van der Waals surface area contributed by atoms with Crippen molar-refractivity contribution in [1.82, 2.24) is 0 Å². The van der Waals surface area contributed by atoms with Crippen molar-refractivity contribution in [2.45, 2.75) is 31.4 Å². The molecule has 4 nitrogen and oxygen atoms in total. The Labute approximate surface area is 68.5 Å². The van der Waals surface area contributed by atoms with Crippen LogP contribution in [0.5, 0.6) is 0 Å². The molecule has 12 heavy (non-hydrogen) atoms. The molecule has 0 saturated carbocycles. The number of rotatable bonds is 4. The maximum Gasteiger partial charge on any atom is 0.265 e. The van der Waals surface area contributed by atoms with E-state index in [4.69, 9.17) is 10.8 Å². The average molecular weight is 182 g/mol. The Morgan fingerprint density at radius 1 is 1.67 bits per heavy atom. The molecule has 0 rings (SSSR count). The standard InChI is InChI=1S/C6H12F2N2O2/c1-2-6(7,8)4(9)3(11)5(10)12/h3-4,11H,2,9H2,1H3,(H2,10,12). The van der Waals surface area contributed by atoms with Crippen molar-refractivity contribution in [3.05, 3.63) is 0 Å². The molecule has 0 bridgehead atoms. The van der Waals surface area contributed by atoms with E-state index < -0.39 is 30.4 Å². The van der Waals surface area contributed by atoms with E-state index in [9.17, 15) is 13.6 Å². The summed E-state index contributed by atoms with van der Waals surface area (Å²) in [6.45, 7) is 1.20. The van der Waals surface area contributed by atoms with Crippen LogP contribution in [-0.2, 0) is 4.79 Å². The number of carbonyl (C=O) groups excluding carboxylic acids is 1. The van der Waals surface area contributed by atoms with Crippen LogP contribution in [0.15, 0.2) is 0 Å². The maximum atomic E-state index is 12.7. The minimum Gasteiger partial charge on any atom is -0.381 e. The third-order valence-electron chi connectivity index (χ3n) is 1.59. The normalized spacial score (nSPS) is 17.1. The largest absolute Gasteiger partial charge is 0.381 e. The fraction of sp³-hybridized carbons (Fsp3) is 0.833. The number of primary amides is 1. The molecule has 0 aliphatic rings. The number of aliphatic hydroxyl groups excluding tert-OH is 1. The van der Waals surface area contributed by atoms with E-state index in [1.165, 1.54) is 6.92 Å². The molecule has 1 amide bonds. The summed E-state index contributed by atoms with van der Waals surface area (Å²) in [5.41, 5.74) is 9.49. The summed E-state index contributed by atoms with van der Waals surface area (Å²) in [4.78, 5) is 10.3. The fourth-order valence-electron chi connectivity index (χ4n) is 0.644. The van der Waals surface area contributed by atoms with Gasteiger partial charge in [0.25, 0.3) is 5.92 Å². The lowest BCUT2D eigenvalue weighted by molar-refractivity contribution is -0.134. The van der Waals surface area contributed by atoms with Gasteiger partial charge in [0.05, 0.1) is 0 Å². The second-order valence-electron chi connectivity index (χ2n) is 2.49. The smallest absolute Gasteiger partial charge is 0.265 e. The average Bonchev–Trinajstić information content (AvgIpc) is 2.01. The van der Waals surface area contributed by atoms with Crippen molar-refractivity contribution in [3.8, 4) is 0 Å². The van der Waals surface area contributed by atoms with Gasteiger partial charge in [-0.15, -0.1) is 0 Å². The molecular formula is C6H12F2N2O2. The third-order valence-corrected chi connectivity index (χ3v) is 1.59. The van der Waals surface area contributed by atoms with E-state index in [0.717, 1.165) is 0 Å². The number of halogens is 2. The van der Waals surface area contributed by atoms with Crippen molar-refractivity contribution in [3.63, 3.8) is 0 Å². The lowest BCUT2D eigenvalue weighted by Gasteiger charge is -2.24. The van der Waals surface area contributed by atoms with Crippen LogP contribution in [0.25, 0.3) is 0 Å². The van der Waals surface area contributed by atoms with E-state index in [-0.39, 0.29) is 0 Å². The van der Waals surface area contributed by atoms with Crippen LogP contribution in [0, 0.1) is 0 Å². The SMILES string of the molecule is CCC(F)(F)C(N)C(O)C(N)=O. The van der Waals surface area contributed by atoms with Crippen molar-refractivity contribution in [1.29, 1.82) is 0 Å². The molecule has 0 radical (unpaired) electrons. The molecule has 5 N–H and O–H groups in total. The van der Waals surface area contributed by atoms with E-state index >= 15 is 0 Å². The van der Waals surface area contributed by atoms with Gasteiger partial charge in [0, 0.05) is 6.42 Å². The highest BCUT2D eigenvalue weighted by Crippen LogP contribution is 2.22. The monoisotopic (exact) mass is 182 g/mol. The molecule has 0 aromatic heterocycles. The maximum absolute atomic E-state index is 12.7. The Morgan fingerprint density at radius 2 is 2.08 bits per heavy atom. The predicted octanol–water partition coefficient (Wildman–Crippen LogP) is -0.795. The van der Waals surface area contributed by atoms with Gasteiger partial charge < -0.3 is 16.6 Å². The van der Waals surface area contributed by atoms with Gasteiger partial charge in [-0.3, -0.25) is 4.79 Å². The van der Waals surface area contributed by atoms with E-state index in [0.29, 0.717) is 0 Å². The highest BCUT2D eigenvalue weighted by atomic mass is 19.3. The summed E-state index contributed by atoms with van der Waals surface area (Å²) in [5.74, 6) is -4.51. The van der Waals surface area contributed by atoms with Crippen LogP contribution in [0.1, 0.15) is 13.3 Å². The number of nitrogens with two attached hydrogens (primary N) is 2. The van der Waals surface area contributed by atoms with E-state index in [1.54, 1.807) is 0 Å². The highest BCUT2D eigenvalue weighted by Gasteiger charge is 2.41. The first-order valence-corrected chi connectivity index (χ1v) is 3.43. The van der Waals surface area contributed by atoms with Crippen molar-refractivity contribution >= 4 is 5.91 Å². The Balaban J connectivity index is 4.37. The molecule has 0 aliphatic carbocycles. The van der Waals surface area contributed by atoms with Gasteiger partial charge in [0.2, 0.25) is 5.91 Å². The van der Waals surface area contributed by atoms with Crippen molar-refractivity contribution < 1.29 is 18.7 Å². The Morgan fingerprint density at radius 3 is 2.33 bits per heavy atom. The minimum atomic E-state index is -3.27. The second kappa shape index (κ2) is 3.77. The number of hydrogen-bond acceptors (Lipinski definition) is 3. The third kappa shape index (κ3) is 2.38. The van der Waals surface area contributed by atoms with Crippen molar-refractivity contribution in [2.24, 2.45) is 11.5 Å². The zero-order valence-corrected chi connectivity index (χ0v) is 6.63. The molecule has 0 aliphatic heterocycles. The number of carbonyl (C=O) groups is 1. The topological polar surface area (TPSA) is 89.3 Å². The molecular weight excluding hydrogens is 170 g/mol. The molecule has 2 unspecified atom stereocenters. The molecule has 0 heterocycles. The van der Waals surface area contributed by atoms with Gasteiger partial charge in [0.15, 0.2) is 6.10 Å². The molecule has 0 fully saturated rings. The summed E-state index contributed by atoms with van der Waals surface area (Å²) in [6, 6.07) is -1.93. The zero-order chi connectivity index (χ0) is 9.94. The molecule has 0 saturated heterocycles. The van der Waals surface area contributed by atoms with Crippen LogP contribution in [0.3, 0.4) is 0 Å².